The van der Waals surface area contributed by atoms with Crippen LogP contribution in [0.3, 0.4) is 0 Å². The average molecular weight is 459 g/mol. The number of halogens is 1. The van der Waals surface area contributed by atoms with Crippen molar-refractivity contribution in [2.75, 3.05) is 18.8 Å². The Morgan fingerprint density at radius 2 is 2.07 bits per heavy atom. The molecule has 29 heavy (non-hydrogen) atoms. The average Bonchev–Trinajstić information content (AvgIpc) is 3.04. The molecule has 1 N–H and O–H groups in total. The zero-order valence-electron chi connectivity index (χ0n) is 16.7. The molecule has 1 aromatic rings. The van der Waals surface area contributed by atoms with Crippen LogP contribution in [-0.4, -0.2) is 49.1 Å². The normalized spacial score (nSPS) is 28.8. The molecule has 1 saturated heterocycles. The van der Waals surface area contributed by atoms with E-state index in [2.05, 4.69) is 16.2 Å². The Kier molecular flexibility index (Phi) is 7.43. The van der Waals surface area contributed by atoms with E-state index in [0.717, 1.165) is 31.2 Å². The Hall–Kier alpha value is -0.930. The molecule has 1 aromatic carbocycles. The van der Waals surface area contributed by atoms with Gasteiger partial charge in [0.05, 0.1) is 23.4 Å². The second-order valence-corrected chi connectivity index (χ2v) is 10.8. The minimum atomic E-state index is -3.98. The Labute approximate surface area is 182 Å². The van der Waals surface area contributed by atoms with E-state index < -0.39 is 16.3 Å². The maximum Gasteiger partial charge on any atom is 0.300 e. The van der Waals surface area contributed by atoms with Crippen LogP contribution in [0.2, 0.25) is 5.02 Å². The van der Waals surface area contributed by atoms with Gasteiger partial charge in [-0.2, -0.15) is 13.5 Å². The number of thioether (sulfide) groups is 1. The summed E-state index contributed by atoms with van der Waals surface area (Å²) < 4.78 is 29.9. The molecule has 1 saturated carbocycles. The monoisotopic (exact) mass is 458 g/mol. The predicted molar refractivity (Wildman–Crippen MR) is 117 cm³/mol. The van der Waals surface area contributed by atoms with Gasteiger partial charge in [-0.3, -0.25) is 4.48 Å². The summed E-state index contributed by atoms with van der Waals surface area (Å²) in [5.74, 6) is 0.582. The number of sulfonamides is 1. The van der Waals surface area contributed by atoms with Gasteiger partial charge in [-0.1, -0.05) is 59.8 Å². The van der Waals surface area contributed by atoms with Crippen molar-refractivity contribution in [3.63, 3.8) is 0 Å². The van der Waals surface area contributed by atoms with Crippen molar-refractivity contribution in [3.05, 3.63) is 41.4 Å². The zero-order chi connectivity index (χ0) is 21.1. The van der Waals surface area contributed by atoms with Crippen LogP contribution in [0, 0.1) is 0 Å². The molecule has 3 unspecified atom stereocenters. The zero-order valence-corrected chi connectivity index (χ0v) is 19.1. The van der Waals surface area contributed by atoms with E-state index in [-0.39, 0.29) is 21.3 Å². The highest BCUT2D eigenvalue weighted by atomic mass is 35.5. The molecule has 0 amide bonds. The second-order valence-electron chi connectivity index (χ2n) is 7.71. The summed E-state index contributed by atoms with van der Waals surface area (Å²) in [7, 11) is -3.98. The summed E-state index contributed by atoms with van der Waals surface area (Å²) in [4.78, 5) is -0.0222. The molecule has 6 nitrogen and oxygen atoms in total. The molecule has 2 aliphatic rings. The molecule has 160 valence electrons. The highest BCUT2D eigenvalue weighted by Crippen LogP contribution is 2.47. The molecule has 0 spiro atoms. The SMILES string of the molecule is C=CC[N+]1(CC)C(O)CSC1c1ccc(Cl)c(S(=O)(=O)N=NC2CCCCC2)c1. The molecule has 0 aromatic heterocycles. The molecule has 3 atom stereocenters. The maximum absolute atomic E-state index is 12.9. The number of hydrogen-bond acceptors (Lipinski definition) is 5. The van der Waals surface area contributed by atoms with Gasteiger partial charge in [0.25, 0.3) is 0 Å². The Morgan fingerprint density at radius 3 is 2.72 bits per heavy atom. The van der Waals surface area contributed by atoms with Crippen LogP contribution in [-0.2, 0) is 10.0 Å². The summed E-state index contributed by atoms with van der Waals surface area (Å²) in [6.45, 7) is 7.17. The summed E-state index contributed by atoms with van der Waals surface area (Å²) in [5.41, 5.74) is 0.811. The van der Waals surface area contributed by atoms with Gasteiger partial charge in [-0.05, 0) is 38.0 Å². The molecule has 0 radical (unpaired) electrons. The lowest BCUT2D eigenvalue weighted by molar-refractivity contribution is -0.971. The van der Waals surface area contributed by atoms with Crippen molar-refractivity contribution in [3.8, 4) is 0 Å². The molecule has 1 heterocycles. The van der Waals surface area contributed by atoms with E-state index in [1.165, 1.54) is 6.42 Å². The number of likely N-dealkylation sites (N-methyl/N-ethyl adjacent to an activating group) is 1. The number of aliphatic hydroxyl groups is 1. The standard InChI is InChI=1S/C20H29ClN3O3S2/c1-3-12-24(4-2)19(25)14-28-20(24)15-10-11-17(21)18(13-15)29(26,27)23-22-16-8-6-5-7-9-16/h3,10-11,13,16,19-20,25H,1,4-9,12,14H2,2H3/q+1. The first-order valence-corrected chi connectivity index (χ1v) is 12.9. The van der Waals surface area contributed by atoms with Crippen molar-refractivity contribution < 1.29 is 18.0 Å². The van der Waals surface area contributed by atoms with Crippen LogP contribution in [0.5, 0.6) is 0 Å². The minimum absolute atomic E-state index is 0.0222. The van der Waals surface area contributed by atoms with Crippen molar-refractivity contribution in [2.24, 2.45) is 9.63 Å². The molecule has 1 aliphatic heterocycles. The number of quaternary nitrogens is 1. The van der Waals surface area contributed by atoms with Crippen LogP contribution in [0.25, 0.3) is 0 Å². The van der Waals surface area contributed by atoms with Gasteiger partial charge in [-0.15, -0.1) is 0 Å². The Morgan fingerprint density at radius 1 is 1.34 bits per heavy atom. The molecule has 3 rings (SSSR count). The number of aliphatic hydroxyl groups excluding tert-OH is 1. The third-order valence-electron chi connectivity index (χ3n) is 5.93. The Bertz CT molecular complexity index is 872. The highest BCUT2D eigenvalue weighted by molar-refractivity contribution is 7.99. The smallest absolute Gasteiger partial charge is 0.300 e. The van der Waals surface area contributed by atoms with Crippen LogP contribution in [0.4, 0.5) is 0 Å². The van der Waals surface area contributed by atoms with Gasteiger partial charge in [-0.25, -0.2) is 0 Å². The maximum atomic E-state index is 12.9. The van der Waals surface area contributed by atoms with Crippen molar-refractivity contribution in [1.29, 1.82) is 0 Å². The minimum Gasteiger partial charge on any atom is -0.344 e. The fourth-order valence-corrected chi connectivity index (χ4v) is 7.25. The third-order valence-corrected chi connectivity index (χ3v) is 9.08. The lowest BCUT2D eigenvalue weighted by Crippen LogP contribution is -2.53. The topological polar surface area (TPSA) is 79.1 Å². The highest BCUT2D eigenvalue weighted by Gasteiger charge is 2.48. The van der Waals surface area contributed by atoms with Gasteiger partial charge >= 0.3 is 10.0 Å². The van der Waals surface area contributed by atoms with Crippen LogP contribution in [0.15, 0.2) is 45.4 Å². The fraction of sp³-hybridized carbons (Fsp3) is 0.600. The van der Waals surface area contributed by atoms with E-state index in [1.807, 2.05) is 13.0 Å². The Balaban J connectivity index is 1.93. The molecular formula is C20H29ClN3O3S2+. The van der Waals surface area contributed by atoms with E-state index in [9.17, 15) is 13.5 Å². The number of nitrogens with zero attached hydrogens (tertiary/aromatic N) is 3. The van der Waals surface area contributed by atoms with Crippen molar-refractivity contribution in [2.45, 2.75) is 61.6 Å². The predicted octanol–water partition coefficient (Wildman–Crippen LogP) is 4.90. The van der Waals surface area contributed by atoms with E-state index >= 15 is 0 Å². The fourth-order valence-electron chi connectivity index (χ4n) is 4.23. The van der Waals surface area contributed by atoms with Gasteiger partial charge in [0.1, 0.15) is 11.4 Å². The van der Waals surface area contributed by atoms with Gasteiger partial charge < -0.3 is 5.11 Å². The summed E-state index contributed by atoms with van der Waals surface area (Å²) in [6.07, 6.45) is 6.30. The molecule has 0 bridgehead atoms. The molecule has 2 fully saturated rings. The number of rotatable bonds is 7. The van der Waals surface area contributed by atoms with E-state index in [0.29, 0.717) is 23.3 Å². The van der Waals surface area contributed by atoms with E-state index in [1.54, 1.807) is 30.0 Å². The first kappa shape index (κ1) is 22.7. The van der Waals surface area contributed by atoms with Gasteiger partial charge in [0.15, 0.2) is 5.37 Å². The third kappa shape index (κ3) is 4.71. The largest absolute Gasteiger partial charge is 0.344 e. The van der Waals surface area contributed by atoms with Crippen LogP contribution < -0.4 is 0 Å². The molecular weight excluding hydrogens is 430 g/mol. The lowest BCUT2D eigenvalue weighted by atomic mass is 9.96. The first-order chi connectivity index (χ1) is 13.8. The van der Waals surface area contributed by atoms with Crippen LogP contribution in [0.1, 0.15) is 50.0 Å². The van der Waals surface area contributed by atoms with E-state index in [4.69, 9.17) is 11.6 Å². The summed E-state index contributed by atoms with van der Waals surface area (Å²) in [5, 5.41) is 14.8. The van der Waals surface area contributed by atoms with Crippen molar-refractivity contribution >= 4 is 33.4 Å². The molecule has 9 heteroatoms. The lowest BCUT2D eigenvalue weighted by Gasteiger charge is -2.40. The summed E-state index contributed by atoms with van der Waals surface area (Å²) in [6, 6.07) is 5.00. The number of hydrogen-bond donors (Lipinski definition) is 1. The number of benzene rings is 1. The van der Waals surface area contributed by atoms with Gasteiger partial charge in [0, 0.05) is 5.56 Å². The van der Waals surface area contributed by atoms with Crippen molar-refractivity contribution in [1.82, 2.24) is 0 Å². The van der Waals surface area contributed by atoms with Crippen LogP contribution >= 0.6 is 23.4 Å². The first-order valence-electron chi connectivity index (χ1n) is 10.1. The quantitative estimate of drug-likeness (QED) is 0.358. The van der Waals surface area contributed by atoms with Gasteiger partial charge in [0.2, 0.25) is 6.23 Å². The molecule has 1 aliphatic carbocycles. The summed E-state index contributed by atoms with van der Waals surface area (Å²) >= 11 is 7.86. The second kappa shape index (κ2) is 9.47.